The Bertz CT molecular complexity index is 990. The monoisotopic (exact) mass is 393 g/mol. The Morgan fingerprint density at radius 2 is 2.04 bits per heavy atom. The van der Waals surface area contributed by atoms with E-state index in [4.69, 9.17) is 32.5 Å². The van der Waals surface area contributed by atoms with Gasteiger partial charge in [0, 0.05) is 22.7 Å². The van der Waals surface area contributed by atoms with E-state index in [1.807, 2.05) is 0 Å². The smallest absolute Gasteiger partial charge is 0.340 e. The van der Waals surface area contributed by atoms with Crippen LogP contribution in [0.5, 0.6) is 0 Å². The van der Waals surface area contributed by atoms with E-state index in [1.54, 1.807) is 24.3 Å². The molecule has 0 aliphatic heterocycles. The number of carbonyl (C=O) groups is 1. The summed E-state index contributed by atoms with van der Waals surface area (Å²) < 4.78 is 10.0. The van der Waals surface area contributed by atoms with Gasteiger partial charge in [-0.15, -0.1) is 0 Å². The number of hydrogen-bond acceptors (Lipinski definition) is 7. The highest BCUT2D eigenvalue weighted by atomic mass is 35.5. The fraction of sp³-hybridized carbons (Fsp3) is 0.0625. The van der Waals surface area contributed by atoms with Crippen LogP contribution in [0.3, 0.4) is 0 Å². The third-order valence-corrected chi connectivity index (χ3v) is 3.82. The lowest BCUT2D eigenvalue weighted by Crippen LogP contribution is -2.07. The van der Waals surface area contributed by atoms with Gasteiger partial charge >= 0.3 is 5.97 Å². The van der Waals surface area contributed by atoms with Crippen molar-refractivity contribution in [1.29, 1.82) is 0 Å². The predicted octanol–water partition coefficient (Wildman–Crippen LogP) is 4.31. The largest absolute Gasteiger partial charge is 0.452 e. The molecule has 0 N–H and O–H groups in total. The Hall–Kier alpha value is -2.97. The van der Waals surface area contributed by atoms with E-state index in [2.05, 4.69) is 10.1 Å². The average Bonchev–Trinajstić information content (AvgIpc) is 3.09. The van der Waals surface area contributed by atoms with Crippen LogP contribution in [0.15, 0.2) is 47.0 Å². The number of ether oxygens (including phenoxy) is 1. The van der Waals surface area contributed by atoms with Crippen molar-refractivity contribution in [3.05, 3.63) is 74.1 Å². The molecule has 0 aliphatic rings. The number of esters is 1. The number of nitro benzene ring substituents is 1. The zero-order valence-electron chi connectivity index (χ0n) is 12.9. The van der Waals surface area contributed by atoms with Crippen molar-refractivity contribution < 1.29 is 19.0 Å². The molecule has 0 saturated heterocycles. The lowest BCUT2D eigenvalue weighted by Gasteiger charge is -2.03. The number of rotatable bonds is 5. The van der Waals surface area contributed by atoms with E-state index in [9.17, 15) is 14.9 Å². The molecule has 0 atom stereocenters. The van der Waals surface area contributed by atoms with Crippen molar-refractivity contribution in [1.82, 2.24) is 10.1 Å². The maximum absolute atomic E-state index is 12.1. The first-order valence-electron chi connectivity index (χ1n) is 7.13. The Balaban J connectivity index is 1.71. The zero-order valence-corrected chi connectivity index (χ0v) is 14.4. The molecular formula is C16H9Cl2N3O5. The van der Waals surface area contributed by atoms with Crippen LogP contribution >= 0.6 is 23.2 Å². The van der Waals surface area contributed by atoms with E-state index in [-0.39, 0.29) is 34.6 Å². The van der Waals surface area contributed by atoms with Gasteiger partial charge in [-0.05, 0) is 18.2 Å². The first kappa shape index (κ1) is 17.8. The maximum Gasteiger partial charge on any atom is 0.340 e. The molecule has 8 nitrogen and oxygen atoms in total. The lowest BCUT2D eigenvalue weighted by molar-refractivity contribution is -0.384. The molecule has 26 heavy (non-hydrogen) atoms. The third-order valence-electron chi connectivity index (χ3n) is 3.26. The highest BCUT2D eigenvalue weighted by Crippen LogP contribution is 2.24. The van der Waals surface area contributed by atoms with Gasteiger partial charge in [-0.25, -0.2) is 4.79 Å². The molecule has 1 aromatic heterocycles. The minimum absolute atomic E-state index is 0.0331. The van der Waals surface area contributed by atoms with Crippen molar-refractivity contribution in [2.45, 2.75) is 6.61 Å². The van der Waals surface area contributed by atoms with Gasteiger partial charge < -0.3 is 9.26 Å². The van der Waals surface area contributed by atoms with Crippen LogP contribution in [0.1, 0.15) is 16.2 Å². The molecule has 0 spiro atoms. The van der Waals surface area contributed by atoms with Gasteiger partial charge in [0.2, 0.25) is 5.82 Å². The van der Waals surface area contributed by atoms with Crippen LogP contribution < -0.4 is 0 Å². The van der Waals surface area contributed by atoms with Gasteiger partial charge in [0.15, 0.2) is 6.61 Å². The first-order valence-corrected chi connectivity index (χ1v) is 7.89. The molecule has 0 aliphatic carbocycles. The fourth-order valence-electron chi connectivity index (χ4n) is 2.05. The predicted molar refractivity (Wildman–Crippen MR) is 92.0 cm³/mol. The quantitative estimate of drug-likeness (QED) is 0.360. The molecule has 0 amide bonds. The number of carbonyl (C=O) groups excluding carboxylic acids is 1. The Labute approximate surface area is 156 Å². The molecule has 0 radical (unpaired) electrons. The summed E-state index contributed by atoms with van der Waals surface area (Å²) in [5, 5.41) is 15.1. The van der Waals surface area contributed by atoms with E-state index >= 15 is 0 Å². The topological polar surface area (TPSA) is 108 Å². The van der Waals surface area contributed by atoms with Gasteiger partial charge in [-0.3, -0.25) is 10.1 Å². The van der Waals surface area contributed by atoms with Gasteiger partial charge in [0.05, 0.1) is 15.5 Å². The molecule has 132 valence electrons. The number of nitrogens with zero attached hydrogens (tertiary/aromatic N) is 3. The number of non-ortho nitro benzene ring substituents is 1. The highest BCUT2D eigenvalue weighted by Gasteiger charge is 2.18. The van der Waals surface area contributed by atoms with Crippen molar-refractivity contribution in [3.8, 4) is 11.4 Å². The molecule has 10 heteroatoms. The standard InChI is InChI=1S/C16H9Cl2N3O5/c17-10-3-1-2-9(6-10)15-19-14(26-20-15)8-25-16(22)12-7-11(21(23)24)4-5-13(12)18/h1-7H,8H2. The molecule has 0 fully saturated rings. The summed E-state index contributed by atoms with van der Waals surface area (Å²) in [5.41, 5.74) is 0.235. The van der Waals surface area contributed by atoms with E-state index < -0.39 is 10.9 Å². The summed E-state index contributed by atoms with van der Waals surface area (Å²) in [6.45, 7) is -0.314. The number of benzene rings is 2. The Morgan fingerprint density at radius 1 is 1.23 bits per heavy atom. The minimum atomic E-state index is -0.846. The second-order valence-corrected chi connectivity index (χ2v) is 5.86. The molecule has 0 bridgehead atoms. The average molecular weight is 394 g/mol. The zero-order chi connectivity index (χ0) is 18.7. The van der Waals surface area contributed by atoms with E-state index in [1.165, 1.54) is 12.1 Å². The molecule has 1 heterocycles. The molecule has 0 saturated carbocycles. The fourth-order valence-corrected chi connectivity index (χ4v) is 2.43. The van der Waals surface area contributed by atoms with Crippen molar-refractivity contribution in [2.24, 2.45) is 0 Å². The molecule has 3 aromatic rings. The Kier molecular flexibility index (Phi) is 5.15. The summed E-state index contributed by atoms with van der Waals surface area (Å²) >= 11 is 11.8. The minimum Gasteiger partial charge on any atom is -0.452 e. The second-order valence-electron chi connectivity index (χ2n) is 5.02. The van der Waals surface area contributed by atoms with Crippen LogP contribution in [-0.4, -0.2) is 21.0 Å². The summed E-state index contributed by atoms with van der Waals surface area (Å²) in [6, 6.07) is 10.3. The number of halogens is 2. The Morgan fingerprint density at radius 3 is 2.77 bits per heavy atom. The van der Waals surface area contributed by atoms with Crippen LogP contribution in [-0.2, 0) is 11.3 Å². The summed E-state index contributed by atoms with van der Waals surface area (Å²) in [5.74, 6) is -0.511. The third kappa shape index (κ3) is 3.98. The van der Waals surface area contributed by atoms with Crippen LogP contribution in [0.4, 0.5) is 5.69 Å². The number of aromatic nitrogens is 2. The first-order chi connectivity index (χ1) is 12.4. The van der Waals surface area contributed by atoms with Crippen molar-refractivity contribution in [3.63, 3.8) is 0 Å². The maximum atomic E-state index is 12.1. The van der Waals surface area contributed by atoms with Gasteiger partial charge in [-0.1, -0.05) is 40.5 Å². The second kappa shape index (κ2) is 7.51. The summed E-state index contributed by atoms with van der Waals surface area (Å²) in [4.78, 5) is 26.4. The van der Waals surface area contributed by atoms with Gasteiger partial charge in [0.1, 0.15) is 0 Å². The lowest BCUT2D eigenvalue weighted by atomic mass is 10.2. The molecule has 2 aromatic carbocycles. The summed E-state index contributed by atoms with van der Waals surface area (Å²) in [7, 11) is 0. The molecule has 0 unspecified atom stereocenters. The SMILES string of the molecule is O=C(OCc1nc(-c2cccc(Cl)c2)no1)c1cc([N+](=O)[O-])ccc1Cl. The van der Waals surface area contributed by atoms with Crippen molar-refractivity contribution >= 4 is 34.9 Å². The highest BCUT2D eigenvalue weighted by molar-refractivity contribution is 6.33. The van der Waals surface area contributed by atoms with Crippen LogP contribution in [0.25, 0.3) is 11.4 Å². The van der Waals surface area contributed by atoms with Crippen LogP contribution in [0.2, 0.25) is 10.0 Å². The normalized spacial score (nSPS) is 10.5. The van der Waals surface area contributed by atoms with Crippen LogP contribution in [0, 0.1) is 10.1 Å². The van der Waals surface area contributed by atoms with Gasteiger partial charge in [0.25, 0.3) is 11.6 Å². The van der Waals surface area contributed by atoms with Crippen molar-refractivity contribution in [2.75, 3.05) is 0 Å². The van der Waals surface area contributed by atoms with E-state index in [0.717, 1.165) is 6.07 Å². The van der Waals surface area contributed by atoms with E-state index in [0.29, 0.717) is 10.6 Å². The molecule has 3 rings (SSSR count). The molecular weight excluding hydrogens is 385 g/mol. The number of hydrogen-bond donors (Lipinski definition) is 0. The van der Waals surface area contributed by atoms with Gasteiger partial charge in [-0.2, -0.15) is 4.98 Å². The summed E-state index contributed by atoms with van der Waals surface area (Å²) in [6.07, 6.45) is 0. The number of nitro groups is 1.